The lowest BCUT2D eigenvalue weighted by Crippen LogP contribution is -2.43. The maximum atomic E-state index is 12.4. The van der Waals surface area contributed by atoms with Crippen LogP contribution in [0.1, 0.15) is 77.6 Å². The van der Waals surface area contributed by atoms with E-state index in [1.54, 1.807) is 6.92 Å². The molecular weight excluding hydrogens is 531 g/mol. The summed E-state index contributed by atoms with van der Waals surface area (Å²) in [5.41, 5.74) is 0.541. The Morgan fingerprint density at radius 3 is 2.13 bits per heavy atom. The summed E-state index contributed by atoms with van der Waals surface area (Å²) in [5, 5.41) is 13.3. The van der Waals surface area contributed by atoms with Gasteiger partial charge in [0, 0.05) is 18.5 Å². The molecule has 0 aliphatic heterocycles. The molecule has 1 aliphatic rings. The fourth-order valence-corrected chi connectivity index (χ4v) is 11.6. The molecule has 1 rings (SSSR count). The summed E-state index contributed by atoms with van der Waals surface area (Å²) >= 11 is 0. The van der Waals surface area contributed by atoms with E-state index in [0.29, 0.717) is 30.9 Å². The van der Waals surface area contributed by atoms with E-state index in [0.717, 1.165) is 63.8 Å². The number of amides is 1. The lowest BCUT2D eigenvalue weighted by atomic mass is 9.84. The van der Waals surface area contributed by atoms with E-state index in [2.05, 4.69) is 51.2 Å². The van der Waals surface area contributed by atoms with Gasteiger partial charge in [0.1, 0.15) is 12.0 Å². The minimum Gasteiger partial charge on any atom is -0.460 e. The molecule has 0 spiro atoms. The molecule has 1 aliphatic carbocycles. The van der Waals surface area contributed by atoms with Crippen LogP contribution in [0.5, 0.6) is 0 Å². The molecule has 38 heavy (non-hydrogen) atoms. The third kappa shape index (κ3) is 17.7. The number of carbonyl (C=O) groups excluding carboxylic acids is 2. The van der Waals surface area contributed by atoms with Gasteiger partial charge in [-0.2, -0.15) is 0 Å². The van der Waals surface area contributed by atoms with Crippen molar-refractivity contribution in [2.45, 2.75) is 141 Å². The van der Waals surface area contributed by atoms with E-state index >= 15 is 0 Å². The van der Waals surface area contributed by atoms with Crippen molar-refractivity contribution in [1.29, 1.82) is 0 Å². The van der Waals surface area contributed by atoms with E-state index in [1.807, 2.05) is 0 Å². The van der Waals surface area contributed by atoms with Crippen LogP contribution in [0.3, 0.4) is 0 Å². The quantitative estimate of drug-likeness (QED) is 0.0687. The summed E-state index contributed by atoms with van der Waals surface area (Å²) < 4.78 is 18.5. The first-order valence-corrected chi connectivity index (χ1v) is 23.5. The predicted molar refractivity (Wildman–Crippen MR) is 164 cm³/mol. The topological polar surface area (TPSA) is 94.1 Å². The minimum atomic E-state index is -1.65. The summed E-state index contributed by atoms with van der Waals surface area (Å²) in [6, 6.07) is 1.15. The van der Waals surface area contributed by atoms with Gasteiger partial charge in [0.15, 0.2) is 16.6 Å². The number of hydrogen-bond acceptors (Lipinski definition) is 6. The maximum absolute atomic E-state index is 12.4. The number of hydrogen-bond donors (Lipinski definition) is 2. The van der Waals surface area contributed by atoms with Crippen LogP contribution in [-0.4, -0.2) is 67.8 Å². The van der Waals surface area contributed by atoms with Crippen LogP contribution in [-0.2, 0) is 23.2 Å². The Labute approximate surface area is 236 Å². The van der Waals surface area contributed by atoms with Crippen molar-refractivity contribution in [2.24, 2.45) is 5.92 Å². The van der Waals surface area contributed by atoms with Gasteiger partial charge in [0.2, 0.25) is 5.91 Å². The van der Waals surface area contributed by atoms with Gasteiger partial charge in [-0.25, -0.2) is 0 Å². The molecule has 0 radical (unpaired) electrons. The second kappa shape index (κ2) is 17.8. The Kier molecular flexibility index (Phi) is 16.5. The Balaban J connectivity index is 2.26. The number of carbonyl (C=O) groups is 2. The molecule has 3 atom stereocenters. The normalized spacial score (nSPS) is 20.7. The van der Waals surface area contributed by atoms with Crippen LogP contribution in [0, 0.1) is 5.92 Å². The molecule has 7 nitrogen and oxygen atoms in total. The highest BCUT2D eigenvalue weighted by molar-refractivity contribution is 6.71. The number of ether oxygens (including phenoxy) is 1. The van der Waals surface area contributed by atoms with Gasteiger partial charge in [-0.15, -0.1) is 0 Å². The summed E-state index contributed by atoms with van der Waals surface area (Å²) in [5.74, 6) is 0.244. The molecule has 0 aromatic heterocycles. The van der Waals surface area contributed by atoms with Crippen LogP contribution in [0.25, 0.3) is 0 Å². The maximum Gasteiger partial charge on any atom is 0.306 e. The highest BCUT2D eigenvalue weighted by atomic mass is 28.4. The fraction of sp³-hybridized carbons (Fsp3) is 0.857. The standard InChI is InChI=1S/C28H57NO6Si3/c1-22(2)27(32)29-19-14-12-10-9-11-13-15-26(31)33-25-21-23(16-17-24(25)30)18-20-36-28(34-37(3,4)5)35-38(6,7)8/h23-25,28,30H,1,9-21,36H2,2-8H3,(H,29,32). The van der Waals surface area contributed by atoms with E-state index < -0.39 is 32.3 Å². The van der Waals surface area contributed by atoms with Crippen molar-refractivity contribution < 1.29 is 28.3 Å². The van der Waals surface area contributed by atoms with Crippen LogP contribution >= 0.6 is 0 Å². The first-order chi connectivity index (χ1) is 17.7. The predicted octanol–water partition coefficient (Wildman–Crippen LogP) is 5.45. The van der Waals surface area contributed by atoms with Crippen LogP contribution in [0.15, 0.2) is 12.2 Å². The first-order valence-electron chi connectivity index (χ1n) is 14.8. The van der Waals surface area contributed by atoms with Gasteiger partial charge in [0.05, 0.1) is 15.6 Å². The van der Waals surface area contributed by atoms with Gasteiger partial charge in [-0.05, 0) is 84.2 Å². The van der Waals surface area contributed by atoms with Crippen molar-refractivity contribution >= 4 is 38.0 Å². The highest BCUT2D eigenvalue weighted by Gasteiger charge is 2.32. The van der Waals surface area contributed by atoms with E-state index in [4.69, 9.17) is 13.6 Å². The summed E-state index contributed by atoms with van der Waals surface area (Å²) in [7, 11) is -3.84. The molecule has 0 heterocycles. The zero-order valence-corrected chi connectivity index (χ0v) is 28.8. The Bertz CT molecular complexity index is 706. The first kappa shape index (κ1) is 35.2. The molecule has 0 bridgehead atoms. The molecule has 1 saturated carbocycles. The van der Waals surface area contributed by atoms with Gasteiger partial charge >= 0.3 is 5.97 Å². The van der Waals surface area contributed by atoms with E-state index in [1.165, 1.54) is 0 Å². The average Bonchev–Trinajstić information content (AvgIpc) is 2.77. The number of nitrogens with one attached hydrogen (secondary N) is 1. The van der Waals surface area contributed by atoms with Gasteiger partial charge in [-0.3, -0.25) is 9.59 Å². The molecule has 1 amide bonds. The van der Waals surface area contributed by atoms with Crippen molar-refractivity contribution in [2.75, 3.05) is 6.54 Å². The number of aliphatic hydroxyl groups excluding tert-OH is 1. The van der Waals surface area contributed by atoms with Gasteiger partial charge in [-0.1, -0.05) is 44.7 Å². The number of esters is 1. The van der Waals surface area contributed by atoms with Crippen molar-refractivity contribution in [3.05, 3.63) is 12.2 Å². The molecule has 0 saturated heterocycles. The third-order valence-electron chi connectivity index (χ3n) is 6.65. The molecular formula is C28H57NO6Si3. The third-order valence-corrected chi connectivity index (χ3v) is 10.9. The molecule has 0 aromatic rings. The van der Waals surface area contributed by atoms with Crippen molar-refractivity contribution in [3.63, 3.8) is 0 Å². The fourth-order valence-electron chi connectivity index (χ4n) is 4.77. The van der Waals surface area contributed by atoms with Gasteiger partial charge in [0.25, 0.3) is 0 Å². The summed E-state index contributed by atoms with van der Waals surface area (Å²) in [6.07, 6.45) is 9.07. The summed E-state index contributed by atoms with van der Waals surface area (Å²) in [6.45, 7) is 19.4. The average molecular weight is 588 g/mol. The Morgan fingerprint density at radius 2 is 1.55 bits per heavy atom. The number of unbranched alkanes of at least 4 members (excludes halogenated alkanes) is 5. The van der Waals surface area contributed by atoms with Crippen molar-refractivity contribution in [3.8, 4) is 0 Å². The lowest BCUT2D eigenvalue weighted by molar-refractivity contribution is -0.159. The Hall–Kier alpha value is -0.789. The zero-order valence-electron chi connectivity index (χ0n) is 25.4. The molecule has 3 unspecified atom stereocenters. The molecule has 1 fully saturated rings. The zero-order chi connectivity index (χ0) is 28.8. The molecule has 10 heteroatoms. The SMILES string of the molecule is C=C(C)C(=O)NCCCCCCCCC(=O)OC1CC(CC[SiH2]C(O[Si](C)(C)C)O[Si](C)(C)C)CCC1O. The summed E-state index contributed by atoms with van der Waals surface area (Å²) in [4.78, 5) is 23.9. The van der Waals surface area contributed by atoms with E-state index in [-0.39, 0.29) is 23.9 Å². The van der Waals surface area contributed by atoms with Gasteiger partial charge < -0.3 is 24.0 Å². The minimum absolute atomic E-state index is 0.0125. The van der Waals surface area contributed by atoms with E-state index in [9.17, 15) is 14.7 Å². The van der Waals surface area contributed by atoms with Crippen LogP contribution in [0.4, 0.5) is 0 Å². The largest absolute Gasteiger partial charge is 0.460 e. The second-order valence-corrected chi connectivity index (χ2v) is 23.9. The van der Waals surface area contributed by atoms with Crippen LogP contribution < -0.4 is 5.32 Å². The molecule has 0 aromatic carbocycles. The number of rotatable bonds is 19. The monoisotopic (exact) mass is 587 g/mol. The van der Waals surface area contributed by atoms with Crippen LogP contribution in [0.2, 0.25) is 45.3 Å². The van der Waals surface area contributed by atoms with Crippen molar-refractivity contribution in [1.82, 2.24) is 5.32 Å². The molecule has 222 valence electrons. The lowest BCUT2D eigenvalue weighted by Gasteiger charge is -2.34. The molecule has 2 N–H and O–H groups in total. The second-order valence-electron chi connectivity index (χ2n) is 13.0. The Morgan fingerprint density at radius 1 is 0.974 bits per heavy atom. The number of aliphatic hydroxyl groups is 1. The highest BCUT2D eigenvalue weighted by Crippen LogP contribution is 2.31. The smallest absolute Gasteiger partial charge is 0.306 e.